The number of carboxylic acids is 1. The van der Waals surface area contributed by atoms with Gasteiger partial charge in [-0.25, -0.2) is 9.17 Å². The average Bonchev–Trinajstić information content (AvgIpc) is 2.80. The Balaban J connectivity index is 2.17. The second-order valence-corrected chi connectivity index (χ2v) is 3.92. The molecular formula is C11H9NO3S. The van der Waals surface area contributed by atoms with E-state index in [1.165, 1.54) is 11.5 Å². The van der Waals surface area contributed by atoms with E-state index in [9.17, 15) is 4.79 Å². The lowest BCUT2D eigenvalue weighted by Gasteiger charge is -2.04. The lowest BCUT2D eigenvalue weighted by molar-refractivity contribution is -0.139. The Morgan fingerprint density at radius 3 is 3.00 bits per heavy atom. The summed E-state index contributed by atoms with van der Waals surface area (Å²) in [6.07, 6.45) is 1.73. The molecule has 1 heterocycles. The average molecular weight is 235 g/mol. The van der Waals surface area contributed by atoms with Crippen LogP contribution in [0.2, 0.25) is 0 Å². The lowest BCUT2D eigenvalue weighted by atomic mass is 10.2. The number of hydrogen-bond donors (Lipinski definition) is 1. The molecule has 0 fully saturated rings. The highest BCUT2D eigenvalue weighted by molar-refractivity contribution is 7.09. The molecule has 0 aliphatic heterocycles. The molecule has 5 heteroatoms. The molecule has 1 N–H and O–H groups in total. The van der Waals surface area contributed by atoms with E-state index in [1.54, 1.807) is 18.3 Å². The van der Waals surface area contributed by atoms with Gasteiger partial charge in [0, 0.05) is 6.20 Å². The van der Waals surface area contributed by atoms with Crippen molar-refractivity contribution >= 4 is 17.5 Å². The topological polar surface area (TPSA) is 59.4 Å². The SMILES string of the molecule is O=C(O)COc1cccc(-c2ccns2)c1. The molecule has 0 radical (unpaired) electrons. The van der Waals surface area contributed by atoms with E-state index >= 15 is 0 Å². The van der Waals surface area contributed by atoms with E-state index in [2.05, 4.69) is 4.37 Å². The summed E-state index contributed by atoms with van der Waals surface area (Å²) in [7, 11) is 0. The second-order valence-electron chi connectivity index (χ2n) is 3.09. The molecule has 0 saturated carbocycles. The lowest BCUT2D eigenvalue weighted by Crippen LogP contribution is -2.09. The number of carbonyl (C=O) groups is 1. The number of rotatable bonds is 4. The van der Waals surface area contributed by atoms with E-state index in [0.29, 0.717) is 5.75 Å². The van der Waals surface area contributed by atoms with Crippen molar-refractivity contribution in [1.29, 1.82) is 0 Å². The maximum atomic E-state index is 10.4. The Bertz CT molecular complexity index is 482. The quantitative estimate of drug-likeness (QED) is 0.883. The van der Waals surface area contributed by atoms with Crippen LogP contribution in [0.5, 0.6) is 5.75 Å². The third kappa shape index (κ3) is 2.58. The summed E-state index contributed by atoms with van der Waals surface area (Å²) < 4.78 is 9.10. The van der Waals surface area contributed by atoms with Crippen LogP contribution < -0.4 is 4.74 Å². The minimum Gasteiger partial charge on any atom is -0.482 e. The highest BCUT2D eigenvalue weighted by atomic mass is 32.1. The fourth-order valence-corrected chi connectivity index (χ4v) is 1.84. The number of ether oxygens (including phenoxy) is 1. The third-order valence-corrected chi connectivity index (χ3v) is 2.71. The predicted molar refractivity (Wildman–Crippen MR) is 60.7 cm³/mol. The van der Waals surface area contributed by atoms with E-state index in [-0.39, 0.29) is 6.61 Å². The van der Waals surface area contributed by atoms with Gasteiger partial charge in [-0.3, -0.25) is 0 Å². The first-order valence-electron chi connectivity index (χ1n) is 4.61. The summed E-state index contributed by atoms with van der Waals surface area (Å²) in [6, 6.07) is 9.19. The monoisotopic (exact) mass is 235 g/mol. The third-order valence-electron chi connectivity index (χ3n) is 1.92. The number of aliphatic carboxylic acids is 1. The van der Waals surface area contributed by atoms with Crippen LogP contribution in [0, 0.1) is 0 Å². The minimum atomic E-state index is -0.983. The van der Waals surface area contributed by atoms with Crippen molar-refractivity contribution in [2.75, 3.05) is 6.61 Å². The van der Waals surface area contributed by atoms with Gasteiger partial charge in [0.05, 0.1) is 4.88 Å². The number of benzene rings is 1. The van der Waals surface area contributed by atoms with Gasteiger partial charge in [0.25, 0.3) is 0 Å². The molecule has 0 aliphatic rings. The molecule has 0 saturated heterocycles. The first-order chi connectivity index (χ1) is 7.75. The van der Waals surface area contributed by atoms with Crippen molar-refractivity contribution in [3.05, 3.63) is 36.5 Å². The van der Waals surface area contributed by atoms with E-state index in [0.717, 1.165) is 10.4 Å². The Morgan fingerprint density at radius 1 is 1.44 bits per heavy atom. The van der Waals surface area contributed by atoms with Crippen LogP contribution in [0.4, 0.5) is 0 Å². The van der Waals surface area contributed by atoms with Gasteiger partial charge >= 0.3 is 5.97 Å². The molecule has 1 aromatic carbocycles. The summed E-state index contributed by atoms with van der Waals surface area (Å²) in [4.78, 5) is 11.4. The first kappa shape index (κ1) is 10.6. The molecule has 16 heavy (non-hydrogen) atoms. The molecule has 0 atom stereocenters. The van der Waals surface area contributed by atoms with Crippen LogP contribution in [0.3, 0.4) is 0 Å². The summed E-state index contributed by atoms with van der Waals surface area (Å²) in [5.41, 5.74) is 0.977. The zero-order valence-corrected chi connectivity index (χ0v) is 9.11. The van der Waals surface area contributed by atoms with Crippen molar-refractivity contribution in [2.45, 2.75) is 0 Å². The van der Waals surface area contributed by atoms with Crippen molar-refractivity contribution in [1.82, 2.24) is 4.37 Å². The van der Waals surface area contributed by atoms with Gasteiger partial charge in [0.2, 0.25) is 0 Å². The van der Waals surface area contributed by atoms with Crippen LogP contribution in [-0.2, 0) is 4.79 Å². The van der Waals surface area contributed by atoms with E-state index in [1.807, 2.05) is 18.2 Å². The Labute approximate surface area is 96.3 Å². The molecule has 0 aliphatic carbocycles. The molecule has 4 nitrogen and oxygen atoms in total. The second kappa shape index (κ2) is 4.76. The number of hydrogen-bond acceptors (Lipinski definition) is 4. The summed E-state index contributed by atoms with van der Waals surface area (Å²) in [5.74, 6) is -0.434. The molecule has 0 amide bonds. The van der Waals surface area contributed by atoms with Crippen molar-refractivity contribution in [3.8, 4) is 16.2 Å². The standard InChI is InChI=1S/C11H9NO3S/c13-11(14)7-15-9-3-1-2-8(6-9)10-4-5-12-16-10/h1-6H,7H2,(H,13,14). The minimum absolute atomic E-state index is 0.327. The molecule has 2 aromatic rings. The van der Waals surface area contributed by atoms with Crippen LogP contribution in [-0.4, -0.2) is 22.1 Å². The number of aromatic nitrogens is 1. The Hall–Kier alpha value is -1.88. The van der Waals surface area contributed by atoms with E-state index in [4.69, 9.17) is 9.84 Å². The summed E-state index contributed by atoms with van der Waals surface area (Å²) >= 11 is 1.39. The maximum absolute atomic E-state index is 10.4. The number of carboxylic acid groups (broad SMARTS) is 1. The normalized spacial score (nSPS) is 10.0. The van der Waals surface area contributed by atoms with Gasteiger partial charge in [0.15, 0.2) is 6.61 Å². The van der Waals surface area contributed by atoms with Gasteiger partial charge in [-0.2, -0.15) is 0 Å². The fraction of sp³-hybridized carbons (Fsp3) is 0.0909. The van der Waals surface area contributed by atoms with Gasteiger partial charge in [-0.15, -0.1) is 0 Å². The van der Waals surface area contributed by atoms with Crippen LogP contribution >= 0.6 is 11.5 Å². The van der Waals surface area contributed by atoms with Crippen LogP contribution in [0.25, 0.3) is 10.4 Å². The summed E-state index contributed by atoms with van der Waals surface area (Å²) in [5, 5.41) is 8.50. The highest BCUT2D eigenvalue weighted by Gasteiger charge is 2.03. The predicted octanol–water partition coefficient (Wildman–Crippen LogP) is 2.27. The largest absolute Gasteiger partial charge is 0.482 e. The zero-order chi connectivity index (χ0) is 11.4. The van der Waals surface area contributed by atoms with Gasteiger partial charge in [-0.05, 0) is 35.3 Å². The fourth-order valence-electron chi connectivity index (χ4n) is 1.25. The van der Waals surface area contributed by atoms with Crippen molar-refractivity contribution in [3.63, 3.8) is 0 Å². The smallest absolute Gasteiger partial charge is 0.341 e. The van der Waals surface area contributed by atoms with E-state index < -0.39 is 5.97 Å². The van der Waals surface area contributed by atoms with Crippen molar-refractivity contribution < 1.29 is 14.6 Å². The molecule has 0 unspecified atom stereocenters. The van der Waals surface area contributed by atoms with Gasteiger partial charge in [0.1, 0.15) is 5.75 Å². The first-order valence-corrected chi connectivity index (χ1v) is 5.39. The molecule has 82 valence electrons. The number of nitrogens with zero attached hydrogens (tertiary/aromatic N) is 1. The highest BCUT2D eigenvalue weighted by Crippen LogP contribution is 2.26. The van der Waals surface area contributed by atoms with Crippen molar-refractivity contribution in [2.24, 2.45) is 0 Å². The molecular weight excluding hydrogens is 226 g/mol. The van der Waals surface area contributed by atoms with Gasteiger partial charge < -0.3 is 9.84 Å². The molecule has 2 rings (SSSR count). The Morgan fingerprint density at radius 2 is 2.31 bits per heavy atom. The maximum Gasteiger partial charge on any atom is 0.341 e. The molecule has 0 bridgehead atoms. The van der Waals surface area contributed by atoms with Crippen LogP contribution in [0.1, 0.15) is 0 Å². The summed E-state index contributed by atoms with van der Waals surface area (Å²) in [6.45, 7) is -0.327. The molecule has 0 spiro atoms. The molecule has 1 aromatic heterocycles. The van der Waals surface area contributed by atoms with Crippen LogP contribution in [0.15, 0.2) is 36.5 Å². The Kier molecular flexibility index (Phi) is 3.16. The van der Waals surface area contributed by atoms with Gasteiger partial charge in [-0.1, -0.05) is 12.1 Å². The zero-order valence-electron chi connectivity index (χ0n) is 8.29.